The Bertz CT molecular complexity index is 934. The summed E-state index contributed by atoms with van der Waals surface area (Å²) in [5, 5.41) is 15.1. The number of halogens is 1. The number of nitrogens with one attached hydrogen (secondary N) is 2. The molecule has 8 heteroatoms. The summed E-state index contributed by atoms with van der Waals surface area (Å²) in [7, 11) is 1.89. The van der Waals surface area contributed by atoms with E-state index in [1.54, 1.807) is 9.36 Å². The van der Waals surface area contributed by atoms with Gasteiger partial charge in [0.2, 0.25) is 5.91 Å². The van der Waals surface area contributed by atoms with Gasteiger partial charge in [-0.3, -0.25) is 9.48 Å². The van der Waals surface area contributed by atoms with Gasteiger partial charge in [0.25, 0.3) is 0 Å². The van der Waals surface area contributed by atoms with Crippen LogP contribution in [0.4, 0.5) is 5.69 Å². The van der Waals surface area contributed by atoms with Crippen molar-refractivity contribution in [3.8, 4) is 5.69 Å². The highest BCUT2D eigenvalue weighted by Crippen LogP contribution is 2.29. The van der Waals surface area contributed by atoms with Gasteiger partial charge >= 0.3 is 0 Å². The van der Waals surface area contributed by atoms with Crippen LogP contribution < -0.4 is 10.6 Å². The van der Waals surface area contributed by atoms with E-state index in [4.69, 9.17) is 0 Å². The third-order valence-corrected chi connectivity index (χ3v) is 4.84. The number of hydrogen-bond acceptors (Lipinski definition) is 4. The summed E-state index contributed by atoms with van der Waals surface area (Å²) < 4.78 is 3.56. The lowest BCUT2D eigenvalue weighted by Crippen LogP contribution is -2.28. The molecule has 0 aliphatic carbocycles. The number of benzene rings is 1. The SMILES string of the molecule is Cc1ccn(-c2ccccc2NC(=O)[C@H]2CNC[C@@H]2c2cnn(C)c2)n1.Cl. The molecule has 0 radical (unpaired) electrons. The normalized spacial score (nSPS) is 18.9. The molecule has 0 bridgehead atoms. The predicted molar refractivity (Wildman–Crippen MR) is 106 cm³/mol. The number of nitrogens with zero attached hydrogens (tertiary/aromatic N) is 4. The monoisotopic (exact) mass is 386 g/mol. The Hall–Kier alpha value is -2.64. The van der Waals surface area contributed by atoms with Crippen molar-refractivity contribution in [2.24, 2.45) is 13.0 Å². The van der Waals surface area contributed by atoms with E-state index in [9.17, 15) is 4.79 Å². The van der Waals surface area contributed by atoms with Crippen molar-refractivity contribution in [3.05, 3.63) is 60.2 Å². The van der Waals surface area contributed by atoms with E-state index in [0.29, 0.717) is 6.54 Å². The molecule has 1 aliphatic heterocycles. The van der Waals surface area contributed by atoms with Crippen LogP contribution in [0.25, 0.3) is 5.69 Å². The highest BCUT2D eigenvalue weighted by molar-refractivity contribution is 5.95. The van der Waals surface area contributed by atoms with Crippen molar-refractivity contribution < 1.29 is 4.79 Å². The van der Waals surface area contributed by atoms with Gasteiger partial charge in [-0.15, -0.1) is 12.4 Å². The Morgan fingerprint density at radius 3 is 2.78 bits per heavy atom. The summed E-state index contributed by atoms with van der Waals surface area (Å²) in [4.78, 5) is 13.0. The molecule has 1 fully saturated rings. The first-order chi connectivity index (χ1) is 12.6. The quantitative estimate of drug-likeness (QED) is 0.721. The van der Waals surface area contributed by atoms with Crippen molar-refractivity contribution in [2.75, 3.05) is 18.4 Å². The topological polar surface area (TPSA) is 76.8 Å². The van der Waals surface area contributed by atoms with Crippen molar-refractivity contribution in [2.45, 2.75) is 12.8 Å². The molecule has 1 aromatic carbocycles. The van der Waals surface area contributed by atoms with Gasteiger partial charge in [-0.2, -0.15) is 10.2 Å². The number of hydrogen-bond donors (Lipinski definition) is 2. The molecule has 2 aromatic heterocycles. The zero-order chi connectivity index (χ0) is 18.1. The molecule has 2 N–H and O–H groups in total. The molecule has 3 aromatic rings. The van der Waals surface area contributed by atoms with E-state index in [2.05, 4.69) is 20.8 Å². The summed E-state index contributed by atoms with van der Waals surface area (Å²) in [6, 6.07) is 9.66. The van der Waals surface area contributed by atoms with Gasteiger partial charge in [0.15, 0.2) is 0 Å². The van der Waals surface area contributed by atoms with Gasteiger partial charge in [0.1, 0.15) is 0 Å². The number of aryl methyl sites for hydroxylation is 2. The van der Waals surface area contributed by atoms with Crippen LogP contribution in [0.2, 0.25) is 0 Å². The highest BCUT2D eigenvalue weighted by atomic mass is 35.5. The maximum atomic E-state index is 13.0. The number of anilines is 1. The third-order valence-electron chi connectivity index (χ3n) is 4.84. The number of rotatable bonds is 4. The van der Waals surface area contributed by atoms with Gasteiger partial charge in [-0.1, -0.05) is 12.1 Å². The van der Waals surface area contributed by atoms with E-state index in [1.165, 1.54) is 0 Å². The second-order valence-corrected chi connectivity index (χ2v) is 6.73. The molecule has 4 rings (SSSR count). The van der Waals surface area contributed by atoms with Crippen LogP contribution in [0.3, 0.4) is 0 Å². The van der Waals surface area contributed by atoms with Crippen molar-refractivity contribution in [1.82, 2.24) is 24.9 Å². The van der Waals surface area contributed by atoms with Crippen LogP contribution in [0.15, 0.2) is 48.9 Å². The minimum Gasteiger partial charge on any atom is -0.324 e. The molecule has 3 heterocycles. The Balaban J connectivity index is 0.00000210. The molecule has 1 amide bonds. The zero-order valence-electron chi connectivity index (χ0n) is 15.3. The number of amides is 1. The molecule has 0 spiro atoms. The lowest BCUT2D eigenvalue weighted by molar-refractivity contribution is -0.119. The van der Waals surface area contributed by atoms with E-state index < -0.39 is 0 Å². The lowest BCUT2D eigenvalue weighted by atomic mass is 9.90. The van der Waals surface area contributed by atoms with Crippen LogP contribution in [-0.4, -0.2) is 38.6 Å². The predicted octanol–water partition coefficient (Wildman–Crippen LogP) is 2.28. The van der Waals surface area contributed by atoms with Crippen LogP contribution >= 0.6 is 12.4 Å². The second kappa shape index (κ2) is 7.94. The average molecular weight is 387 g/mol. The van der Waals surface area contributed by atoms with Gasteiger partial charge < -0.3 is 10.6 Å². The molecule has 0 unspecified atom stereocenters. The molecule has 2 atom stereocenters. The summed E-state index contributed by atoms with van der Waals surface area (Å²) in [5.74, 6) is 0.00889. The first-order valence-corrected chi connectivity index (χ1v) is 8.73. The molecular weight excluding hydrogens is 364 g/mol. The zero-order valence-corrected chi connectivity index (χ0v) is 16.1. The molecular formula is C19H23ClN6O. The summed E-state index contributed by atoms with van der Waals surface area (Å²) >= 11 is 0. The van der Waals surface area contributed by atoms with Crippen molar-refractivity contribution in [1.29, 1.82) is 0 Å². The third kappa shape index (κ3) is 3.89. The van der Waals surface area contributed by atoms with Crippen molar-refractivity contribution in [3.63, 3.8) is 0 Å². The van der Waals surface area contributed by atoms with Gasteiger partial charge in [0, 0.05) is 38.4 Å². The Labute approximate surface area is 164 Å². The molecule has 1 aliphatic rings. The molecule has 7 nitrogen and oxygen atoms in total. The Morgan fingerprint density at radius 2 is 2.07 bits per heavy atom. The number of carbonyl (C=O) groups is 1. The summed E-state index contributed by atoms with van der Waals surface area (Å²) in [5.41, 5.74) is 3.65. The Kier molecular flexibility index (Phi) is 5.62. The number of carbonyl (C=O) groups excluding carboxylic acids is 1. The standard InChI is InChI=1S/C19H22N6O.ClH/c1-13-7-8-25(23-13)18-6-4-3-5-17(18)22-19(26)16-11-20-10-15(16)14-9-21-24(2)12-14;/h3-9,12,15-16,20H,10-11H2,1-2H3,(H,22,26);1H/t15-,16+;/m1./s1. The number of aromatic nitrogens is 4. The fourth-order valence-electron chi connectivity index (χ4n) is 3.49. The van der Waals surface area contributed by atoms with Gasteiger partial charge in [-0.05, 0) is 30.7 Å². The fraction of sp³-hybridized carbons (Fsp3) is 0.316. The van der Waals surface area contributed by atoms with Crippen LogP contribution in [0.5, 0.6) is 0 Å². The average Bonchev–Trinajstić information content (AvgIpc) is 3.35. The van der Waals surface area contributed by atoms with Gasteiger partial charge in [-0.25, -0.2) is 4.68 Å². The van der Waals surface area contributed by atoms with Crippen LogP contribution in [0, 0.1) is 12.8 Å². The smallest absolute Gasteiger partial charge is 0.229 e. The lowest BCUT2D eigenvalue weighted by Gasteiger charge is -2.18. The number of para-hydroxylation sites is 2. The van der Waals surface area contributed by atoms with Crippen LogP contribution in [-0.2, 0) is 11.8 Å². The largest absolute Gasteiger partial charge is 0.324 e. The molecule has 142 valence electrons. The van der Waals surface area contributed by atoms with E-state index in [-0.39, 0.29) is 30.2 Å². The molecule has 0 saturated carbocycles. The summed E-state index contributed by atoms with van der Waals surface area (Å²) in [6.07, 6.45) is 5.73. The minimum atomic E-state index is -0.133. The van der Waals surface area contributed by atoms with Crippen LogP contribution in [0.1, 0.15) is 17.2 Å². The first kappa shape index (κ1) is 19.1. The van der Waals surface area contributed by atoms with E-state index >= 15 is 0 Å². The van der Waals surface area contributed by atoms with E-state index in [0.717, 1.165) is 29.2 Å². The second-order valence-electron chi connectivity index (χ2n) is 6.73. The highest BCUT2D eigenvalue weighted by Gasteiger charge is 2.35. The van der Waals surface area contributed by atoms with Gasteiger partial charge in [0.05, 0.1) is 29.2 Å². The maximum Gasteiger partial charge on any atom is 0.229 e. The minimum absolute atomic E-state index is 0. The van der Waals surface area contributed by atoms with E-state index in [1.807, 2.05) is 62.9 Å². The first-order valence-electron chi connectivity index (χ1n) is 8.73. The molecule has 1 saturated heterocycles. The summed E-state index contributed by atoms with van der Waals surface area (Å²) in [6.45, 7) is 3.39. The Morgan fingerprint density at radius 1 is 1.26 bits per heavy atom. The maximum absolute atomic E-state index is 13.0. The van der Waals surface area contributed by atoms with Crippen molar-refractivity contribution >= 4 is 24.0 Å². The molecule has 27 heavy (non-hydrogen) atoms. The fourth-order valence-corrected chi connectivity index (χ4v) is 3.49.